The molecule has 5 nitrogen and oxygen atoms in total. The standard InChI is InChI=1S/C9H14N2O3/c1-9(2,3)8-11-6(10)5(14-8)7(12)13-4/h10H2,1-4H3. The summed E-state index contributed by atoms with van der Waals surface area (Å²) in [6, 6.07) is 0. The minimum atomic E-state index is -0.606. The van der Waals surface area contributed by atoms with Gasteiger partial charge in [-0.2, -0.15) is 4.98 Å². The number of nitrogens with two attached hydrogens (primary N) is 1. The zero-order chi connectivity index (χ0) is 10.9. The largest absolute Gasteiger partial charge is 0.463 e. The molecule has 78 valence electrons. The molecule has 0 bridgehead atoms. The van der Waals surface area contributed by atoms with Crippen LogP contribution in [0.25, 0.3) is 0 Å². The number of hydrogen-bond donors (Lipinski definition) is 1. The number of methoxy groups -OCH3 is 1. The molecule has 0 aliphatic rings. The lowest BCUT2D eigenvalue weighted by molar-refractivity contribution is 0.0563. The predicted molar refractivity (Wildman–Crippen MR) is 51.0 cm³/mol. The second-order valence-electron chi connectivity index (χ2n) is 3.97. The van der Waals surface area contributed by atoms with E-state index < -0.39 is 5.97 Å². The number of nitrogen functional groups attached to an aromatic ring is 1. The molecule has 0 fully saturated rings. The molecule has 0 amide bonds. The number of rotatable bonds is 1. The van der Waals surface area contributed by atoms with Gasteiger partial charge in [-0.3, -0.25) is 0 Å². The highest BCUT2D eigenvalue weighted by molar-refractivity contribution is 5.90. The van der Waals surface area contributed by atoms with Crippen LogP contribution in [0.15, 0.2) is 4.42 Å². The first-order chi connectivity index (χ1) is 6.36. The third-order valence-electron chi connectivity index (χ3n) is 1.67. The highest BCUT2D eigenvalue weighted by Crippen LogP contribution is 2.25. The predicted octanol–water partition coefficient (Wildman–Crippen LogP) is 1.34. The molecule has 1 aromatic heterocycles. The number of esters is 1. The van der Waals surface area contributed by atoms with Gasteiger partial charge in [-0.05, 0) is 0 Å². The molecule has 0 atom stereocenters. The average molecular weight is 198 g/mol. The lowest BCUT2D eigenvalue weighted by atomic mass is 9.97. The van der Waals surface area contributed by atoms with Gasteiger partial charge in [0.05, 0.1) is 7.11 Å². The number of hydrogen-bond acceptors (Lipinski definition) is 5. The molecule has 0 saturated heterocycles. The van der Waals surface area contributed by atoms with Gasteiger partial charge in [-0.15, -0.1) is 0 Å². The van der Waals surface area contributed by atoms with Crippen molar-refractivity contribution in [2.45, 2.75) is 26.2 Å². The molecule has 1 rings (SSSR count). The fourth-order valence-electron chi connectivity index (χ4n) is 0.892. The van der Waals surface area contributed by atoms with E-state index in [1.165, 1.54) is 7.11 Å². The van der Waals surface area contributed by atoms with E-state index in [2.05, 4.69) is 9.72 Å². The van der Waals surface area contributed by atoms with Crippen LogP contribution in [0.2, 0.25) is 0 Å². The van der Waals surface area contributed by atoms with Gasteiger partial charge in [0.2, 0.25) is 5.89 Å². The summed E-state index contributed by atoms with van der Waals surface area (Å²) < 4.78 is 9.71. The fourth-order valence-corrected chi connectivity index (χ4v) is 0.892. The minimum absolute atomic E-state index is 0.0302. The molecular weight excluding hydrogens is 184 g/mol. The van der Waals surface area contributed by atoms with Gasteiger partial charge < -0.3 is 14.9 Å². The van der Waals surface area contributed by atoms with E-state index in [0.29, 0.717) is 5.89 Å². The maximum absolute atomic E-state index is 11.1. The Hall–Kier alpha value is -1.52. The number of nitrogens with zero attached hydrogens (tertiary/aromatic N) is 1. The van der Waals surface area contributed by atoms with Crippen LogP contribution in [-0.2, 0) is 10.2 Å². The molecule has 1 heterocycles. The SMILES string of the molecule is COC(=O)c1oc(C(C)(C)C)nc1N. The summed E-state index contributed by atoms with van der Waals surface area (Å²) in [4.78, 5) is 15.1. The maximum atomic E-state index is 11.1. The second kappa shape index (κ2) is 3.32. The molecule has 0 aliphatic carbocycles. The number of aromatic nitrogens is 1. The molecule has 5 heteroatoms. The van der Waals surface area contributed by atoms with Crippen molar-refractivity contribution in [3.63, 3.8) is 0 Å². The highest BCUT2D eigenvalue weighted by atomic mass is 16.5. The summed E-state index contributed by atoms with van der Waals surface area (Å²) in [5.41, 5.74) is 5.23. The van der Waals surface area contributed by atoms with E-state index in [0.717, 1.165) is 0 Å². The van der Waals surface area contributed by atoms with Crippen LogP contribution in [-0.4, -0.2) is 18.1 Å². The Balaban J connectivity index is 3.12. The lowest BCUT2D eigenvalue weighted by Gasteiger charge is -2.11. The quantitative estimate of drug-likeness (QED) is 0.689. The minimum Gasteiger partial charge on any atom is -0.463 e. The van der Waals surface area contributed by atoms with Gasteiger partial charge in [0.15, 0.2) is 5.82 Å². The smallest absolute Gasteiger partial charge is 0.377 e. The van der Waals surface area contributed by atoms with Gasteiger partial charge in [0.25, 0.3) is 5.76 Å². The number of oxazole rings is 1. The first-order valence-corrected chi connectivity index (χ1v) is 4.21. The zero-order valence-corrected chi connectivity index (χ0v) is 8.75. The maximum Gasteiger partial charge on any atom is 0.377 e. The first-order valence-electron chi connectivity index (χ1n) is 4.21. The van der Waals surface area contributed by atoms with E-state index in [9.17, 15) is 4.79 Å². The first kappa shape index (κ1) is 10.6. The fraction of sp³-hybridized carbons (Fsp3) is 0.556. The van der Waals surface area contributed by atoms with Crippen LogP contribution in [0.1, 0.15) is 37.2 Å². The normalized spacial score (nSPS) is 11.4. The Labute approximate surface area is 82.2 Å². The Morgan fingerprint density at radius 1 is 1.50 bits per heavy atom. The van der Waals surface area contributed by atoms with Crippen molar-refractivity contribution >= 4 is 11.8 Å². The number of carbonyl (C=O) groups is 1. The van der Waals surface area contributed by atoms with E-state index in [-0.39, 0.29) is 17.0 Å². The third kappa shape index (κ3) is 1.86. The van der Waals surface area contributed by atoms with Crippen molar-refractivity contribution < 1.29 is 13.9 Å². The molecule has 14 heavy (non-hydrogen) atoms. The molecule has 0 aromatic carbocycles. The molecule has 1 aromatic rings. The number of carbonyl (C=O) groups excluding carboxylic acids is 1. The van der Waals surface area contributed by atoms with Crippen molar-refractivity contribution in [1.82, 2.24) is 4.98 Å². The average Bonchev–Trinajstić information content (AvgIpc) is 2.45. The van der Waals surface area contributed by atoms with Crippen molar-refractivity contribution in [2.75, 3.05) is 12.8 Å². The molecule has 0 saturated carbocycles. The summed E-state index contributed by atoms with van der Waals surface area (Å²) in [6.07, 6.45) is 0. The van der Waals surface area contributed by atoms with Gasteiger partial charge >= 0.3 is 5.97 Å². The Bertz CT molecular complexity index is 349. The Kier molecular flexibility index (Phi) is 2.51. The van der Waals surface area contributed by atoms with Crippen LogP contribution in [0.4, 0.5) is 5.82 Å². The molecule has 0 radical (unpaired) electrons. The van der Waals surface area contributed by atoms with Gasteiger partial charge in [0, 0.05) is 5.41 Å². The van der Waals surface area contributed by atoms with Crippen molar-refractivity contribution in [2.24, 2.45) is 0 Å². The van der Waals surface area contributed by atoms with Gasteiger partial charge in [-0.25, -0.2) is 4.79 Å². The summed E-state index contributed by atoms with van der Waals surface area (Å²) in [5.74, 6) is -0.139. The lowest BCUT2D eigenvalue weighted by Crippen LogP contribution is -2.11. The third-order valence-corrected chi connectivity index (χ3v) is 1.67. The summed E-state index contributed by atoms with van der Waals surface area (Å²) in [7, 11) is 1.26. The highest BCUT2D eigenvalue weighted by Gasteiger charge is 2.25. The van der Waals surface area contributed by atoms with Gasteiger partial charge in [0.1, 0.15) is 0 Å². The van der Waals surface area contributed by atoms with Crippen LogP contribution in [0, 0.1) is 0 Å². The van der Waals surface area contributed by atoms with Crippen LogP contribution in [0.3, 0.4) is 0 Å². The van der Waals surface area contributed by atoms with Crippen molar-refractivity contribution in [3.05, 3.63) is 11.7 Å². The van der Waals surface area contributed by atoms with Crippen LogP contribution < -0.4 is 5.73 Å². The molecular formula is C9H14N2O3. The topological polar surface area (TPSA) is 78.3 Å². The summed E-state index contributed by atoms with van der Waals surface area (Å²) >= 11 is 0. The van der Waals surface area contributed by atoms with Crippen LogP contribution >= 0.6 is 0 Å². The monoisotopic (exact) mass is 198 g/mol. The molecule has 0 aliphatic heterocycles. The zero-order valence-electron chi connectivity index (χ0n) is 8.75. The summed E-state index contributed by atoms with van der Waals surface area (Å²) in [5, 5.41) is 0. The number of anilines is 1. The van der Waals surface area contributed by atoms with E-state index in [1.54, 1.807) is 0 Å². The molecule has 0 spiro atoms. The molecule has 2 N–H and O–H groups in total. The Morgan fingerprint density at radius 2 is 2.07 bits per heavy atom. The second-order valence-corrected chi connectivity index (χ2v) is 3.97. The van der Waals surface area contributed by atoms with Crippen molar-refractivity contribution in [3.8, 4) is 0 Å². The molecule has 0 unspecified atom stereocenters. The van der Waals surface area contributed by atoms with E-state index >= 15 is 0 Å². The van der Waals surface area contributed by atoms with Crippen LogP contribution in [0.5, 0.6) is 0 Å². The van der Waals surface area contributed by atoms with Gasteiger partial charge in [-0.1, -0.05) is 20.8 Å². The summed E-state index contributed by atoms with van der Waals surface area (Å²) in [6.45, 7) is 5.75. The number of ether oxygens (including phenoxy) is 1. The van der Waals surface area contributed by atoms with E-state index in [1.807, 2.05) is 20.8 Å². The van der Waals surface area contributed by atoms with E-state index in [4.69, 9.17) is 10.2 Å². The van der Waals surface area contributed by atoms with Crippen molar-refractivity contribution in [1.29, 1.82) is 0 Å². The Morgan fingerprint density at radius 3 is 2.43 bits per heavy atom.